The summed E-state index contributed by atoms with van der Waals surface area (Å²) in [5.41, 5.74) is 6.16. The van der Waals surface area contributed by atoms with Crippen LogP contribution in [-0.2, 0) is 16.6 Å². The number of aromatic nitrogens is 1. The number of pyridine rings is 1. The van der Waals surface area contributed by atoms with E-state index in [0.717, 1.165) is 0 Å². The van der Waals surface area contributed by atoms with Crippen molar-refractivity contribution in [1.29, 1.82) is 0 Å². The van der Waals surface area contributed by atoms with E-state index in [4.69, 9.17) is 5.73 Å². The van der Waals surface area contributed by atoms with Crippen molar-refractivity contribution >= 4 is 15.8 Å². The molecule has 1 aromatic heterocycles. The standard InChI is InChI=1S/C12H12FN3O2S/c13-10-5-3-9(4-6-10)8-16-19(17,18)11-2-1-7-15-12(11)14/h1-7,16H,8H2,(H2,14,15). The zero-order chi connectivity index (χ0) is 13.9. The van der Waals surface area contributed by atoms with Gasteiger partial charge < -0.3 is 5.73 Å². The second-order valence-corrected chi connectivity index (χ2v) is 5.57. The summed E-state index contributed by atoms with van der Waals surface area (Å²) in [6.45, 7) is 0.0525. The molecule has 0 radical (unpaired) electrons. The SMILES string of the molecule is Nc1ncccc1S(=O)(=O)NCc1ccc(F)cc1. The molecule has 0 fully saturated rings. The number of sulfonamides is 1. The highest BCUT2D eigenvalue weighted by molar-refractivity contribution is 7.89. The molecular weight excluding hydrogens is 269 g/mol. The summed E-state index contributed by atoms with van der Waals surface area (Å²) >= 11 is 0. The maximum atomic E-state index is 12.7. The van der Waals surface area contributed by atoms with E-state index >= 15 is 0 Å². The fraction of sp³-hybridized carbons (Fsp3) is 0.0833. The predicted molar refractivity (Wildman–Crippen MR) is 69.1 cm³/mol. The van der Waals surface area contributed by atoms with Gasteiger partial charge in [-0.05, 0) is 29.8 Å². The Balaban J connectivity index is 2.14. The molecule has 0 saturated heterocycles. The molecule has 2 aromatic rings. The van der Waals surface area contributed by atoms with Crippen molar-refractivity contribution in [2.24, 2.45) is 0 Å². The molecule has 0 atom stereocenters. The first-order valence-corrected chi connectivity index (χ1v) is 6.92. The highest BCUT2D eigenvalue weighted by Gasteiger charge is 2.17. The van der Waals surface area contributed by atoms with Gasteiger partial charge in [0.15, 0.2) is 0 Å². The van der Waals surface area contributed by atoms with Gasteiger partial charge in [-0.1, -0.05) is 12.1 Å². The number of hydrogen-bond donors (Lipinski definition) is 2. The van der Waals surface area contributed by atoms with Gasteiger partial charge in [0.2, 0.25) is 10.0 Å². The number of benzene rings is 1. The lowest BCUT2D eigenvalue weighted by molar-refractivity contribution is 0.581. The number of nitrogens with one attached hydrogen (secondary N) is 1. The van der Waals surface area contributed by atoms with Gasteiger partial charge in [0.05, 0.1) is 0 Å². The second kappa shape index (κ2) is 5.33. The molecule has 1 aromatic carbocycles. The van der Waals surface area contributed by atoms with E-state index in [9.17, 15) is 12.8 Å². The number of nitrogens with zero attached hydrogens (tertiary/aromatic N) is 1. The molecule has 2 rings (SSSR count). The Labute approximate surface area is 110 Å². The summed E-state index contributed by atoms with van der Waals surface area (Å²) < 4.78 is 39.1. The zero-order valence-corrected chi connectivity index (χ0v) is 10.7. The Hall–Kier alpha value is -1.99. The fourth-order valence-corrected chi connectivity index (χ4v) is 2.59. The van der Waals surface area contributed by atoms with Crippen molar-refractivity contribution in [2.75, 3.05) is 5.73 Å². The Bertz CT molecular complexity index is 672. The first kappa shape index (κ1) is 13.4. The topological polar surface area (TPSA) is 85.1 Å². The van der Waals surface area contributed by atoms with E-state index < -0.39 is 10.0 Å². The molecule has 7 heteroatoms. The Kier molecular flexibility index (Phi) is 3.77. The van der Waals surface area contributed by atoms with Crippen LogP contribution in [0.25, 0.3) is 0 Å². The van der Waals surface area contributed by atoms with Crippen LogP contribution in [-0.4, -0.2) is 13.4 Å². The molecule has 19 heavy (non-hydrogen) atoms. The molecule has 0 saturated carbocycles. The normalized spacial score (nSPS) is 11.4. The molecule has 100 valence electrons. The van der Waals surface area contributed by atoms with Gasteiger partial charge in [0, 0.05) is 12.7 Å². The van der Waals surface area contributed by atoms with E-state index in [1.54, 1.807) is 0 Å². The van der Waals surface area contributed by atoms with Crippen molar-refractivity contribution in [3.05, 3.63) is 54.0 Å². The maximum absolute atomic E-state index is 12.7. The van der Waals surface area contributed by atoms with Crippen LogP contribution in [0.4, 0.5) is 10.2 Å². The summed E-state index contributed by atoms with van der Waals surface area (Å²) in [6.07, 6.45) is 1.41. The third kappa shape index (κ3) is 3.27. The van der Waals surface area contributed by atoms with Gasteiger partial charge in [0.1, 0.15) is 16.5 Å². The molecule has 1 heterocycles. The van der Waals surface area contributed by atoms with Crippen molar-refractivity contribution in [2.45, 2.75) is 11.4 Å². The van der Waals surface area contributed by atoms with E-state index in [2.05, 4.69) is 9.71 Å². The average molecular weight is 281 g/mol. The van der Waals surface area contributed by atoms with Crippen LogP contribution in [0, 0.1) is 5.82 Å². The number of rotatable bonds is 4. The molecular formula is C12H12FN3O2S. The summed E-state index contributed by atoms with van der Waals surface area (Å²) in [4.78, 5) is 3.65. The number of nitrogen functional groups attached to an aromatic ring is 1. The minimum Gasteiger partial charge on any atom is -0.383 e. The van der Waals surface area contributed by atoms with E-state index in [-0.39, 0.29) is 23.1 Å². The Morgan fingerprint density at radius 2 is 1.89 bits per heavy atom. The quantitative estimate of drug-likeness (QED) is 0.884. The van der Waals surface area contributed by atoms with Crippen molar-refractivity contribution < 1.29 is 12.8 Å². The molecule has 0 bridgehead atoms. The molecule has 0 aliphatic heterocycles. The lowest BCUT2D eigenvalue weighted by atomic mass is 10.2. The summed E-state index contributed by atoms with van der Waals surface area (Å²) in [5, 5.41) is 0. The smallest absolute Gasteiger partial charge is 0.244 e. The summed E-state index contributed by atoms with van der Waals surface area (Å²) in [5.74, 6) is -0.433. The molecule has 0 spiro atoms. The number of anilines is 1. The zero-order valence-electron chi connectivity index (χ0n) is 9.88. The van der Waals surface area contributed by atoms with E-state index in [0.29, 0.717) is 5.56 Å². The van der Waals surface area contributed by atoms with Gasteiger partial charge in [-0.25, -0.2) is 22.5 Å². The van der Waals surface area contributed by atoms with Crippen molar-refractivity contribution in [3.8, 4) is 0 Å². The van der Waals surface area contributed by atoms with E-state index in [1.165, 1.54) is 42.6 Å². The van der Waals surface area contributed by atoms with Gasteiger partial charge in [-0.15, -0.1) is 0 Å². The third-order valence-electron chi connectivity index (χ3n) is 2.47. The minimum atomic E-state index is -3.73. The van der Waals surface area contributed by atoms with Crippen LogP contribution in [0.15, 0.2) is 47.5 Å². The molecule has 0 unspecified atom stereocenters. The second-order valence-electron chi connectivity index (χ2n) is 3.84. The Morgan fingerprint density at radius 1 is 1.21 bits per heavy atom. The first-order valence-electron chi connectivity index (χ1n) is 5.43. The van der Waals surface area contributed by atoms with Crippen LogP contribution >= 0.6 is 0 Å². The highest BCUT2D eigenvalue weighted by atomic mass is 32.2. The fourth-order valence-electron chi connectivity index (χ4n) is 1.49. The van der Waals surface area contributed by atoms with Gasteiger partial charge in [-0.2, -0.15) is 0 Å². The summed E-state index contributed by atoms with van der Waals surface area (Å²) in [6, 6.07) is 8.40. The monoisotopic (exact) mass is 281 g/mol. The van der Waals surface area contributed by atoms with Crippen molar-refractivity contribution in [3.63, 3.8) is 0 Å². The average Bonchev–Trinajstić information content (AvgIpc) is 2.38. The van der Waals surface area contributed by atoms with Crippen LogP contribution in [0.2, 0.25) is 0 Å². The van der Waals surface area contributed by atoms with Crippen LogP contribution in [0.5, 0.6) is 0 Å². The van der Waals surface area contributed by atoms with Crippen LogP contribution in [0.1, 0.15) is 5.56 Å². The molecule has 0 amide bonds. The minimum absolute atomic E-state index is 0.0525. The summed E-state index contributed by atoms with van der Waals surface area (Å²) in [7, 11) is -3.73. The first-order chi connectivity index (χ1) is 8.99. The lowest BCUT2D eigenvalue weighted by Crippen LogP contribution is -2.24. The number of hydrogen-bond acceptors (Lipinski definition) is 4. The number of halogens is 1. The van der Waals surface area contributed by atoms with Gasteiger partial charge >= 0.3 is 0 Å². The van der Waals surface area contributed by atoms with Gasteiger partial charge in [-0.3, -0.25) is 0 Å². The molecule has 5 nitrogen and oxygen atoms in total. The number of nitrogens with two attached hydrogens (primary N) is 1. The van der Waals surface area contributed by atoms with Crippen LogP contribution < -0.4 is 10.5 Å². The molecule has 3 N–H and O–H groups in total. The third-order valence-corrected chi connectivity index (χ3v) is 3.92. The van der Waals surface area contributed by atoms with Crippen molar-refractivity contribution in [1.82, 2.24) is 9.71 Å². The molecule has 0 aliphatic carbocycles. The lowest BCUT2D eigenvalue weighted by Gasteiger charge is -2.08. The largest absolute Gasteiger partial charge is 0.383 e. The van der Waals surface area contributed by atoms with E-state index in [1.807, 2.05) is 0 Å². The maximum Gasteiger partial charge on any atom is 0.244 e. The highest BCUT2D eigenvalue weighted by Crippen LogP contribution is 2.14. The predicted octanol–water partition coefficient (Wildman–Crippen LogP) is 1.28. The Morgan fingerprint density at radius 3 is 2.53 bits per heavy atom. The van der Waals surface area contributed by atoms with Crippen LogP contribution in [0.3, 0.4) is 0 Å². The van der Waals surface area contributed by atoms with Gasteiger partial charge in [0.25, 0.3) is 0 Å². The molecule has 0 aliphatic rings.